The Morgan fingerprint density at radius 2 is 1.88 bits per heavy atom. The lowest BCUT2D eigenvalue weighted by molar-refractivity contribution is -0.125. The number of piperidine rings is 1. The predicted octanol–water partition coefficient (Wildman–Crippen LogP) is 0.904. The SMILES string of the molecule is CS(=O)(=O)C=CCNC(=O)C1CCCCN1S(=O)(=O)c1ccccc1. The Morgan fingerprint density at radius 1 is 1.20 bits per heavy atom. The van der Waals surface area contributed by atoms with E-state index in [2.05, 4.69) is 5.32 Å². The van der Waals surface area contributed by atoms with E-state index in [1.54, 1.807) is 18.2 Å². The summed E-state index contributed by atoms with van der Waals surface area (Å²) in [6, 6.07) is 7.24. The van der Waals surface area contributed by atoms with Gasteiger partial charge >= 0.3 is 0 Å². The predicted molar refractivity (Wildman–Crippen MR) is 95.0 cm³/mol. The first-order valence-corrected chi connectivity index (χ1v) is 11.3. The highest BCUT2D eigenvalue weighted by atomic mass is 32.2. The van der Waals surface area contributed by atoms with Gasteiger partial charge in [0.1, 0.15) is 6.04 Å². The van der Waals surface area contributed by atoms with Crippen molar-refractivity contribution in [1.29, 1.82) is 0 Å². The fourth-order valence-corrected chi connectivity index (χ4v) is 4.81. The molecule has 1 heterocycles. The molecule has 0 radical (unpaired) electrons. The third-order valence-electron chi connectivity index (χ3n) is 3.84. The second-order valence-corrected chi connectivity index (χ2v) is 9.71. The molecule has 1 fully saturated rings. The average Bonchev–Trinajstić information content (AvgIpc) is 2.58. The molecular formula is C16H22N2O5S2. The van der Waals surface area contributed by atoms with Crippen molar-refractivity contribution in [2.75, 3.05) is 19.3 Å². The normalized spacial score (nSPS) is 19.8. The zero-order valence-electron chi connectivity index (χ0n) is 14.0. The van der Waals surface area contributed by atoms with E-state index in [4.69, 9.17) is 0 Å². The highest BCUT2D eigenvalue weighted by molar-refractivity contribution is 7.93. The highest BCUT2D eigenvalue weighted by Crippen LogP contribution is 2.25. The van der Waals surface area contributed by atoms with Crippen LogP contribution in [0.25, 0.3) is 0 Å². The van der Waals surface area contributed by atoms with Gasteiger partial charge in [-0.1, -0.05) is 30.7 Å². The van der Waals surface area contributed by atoms with Crippen molar-refractivity contribution in [1.82, 2.24) is 9.62 Å². The highest BCUT2D eigenvalue weighted by Gasteiger charge is 2.37. The van der Waals surface area contributed by atoms with Crippen LogP contribution in [0.1, 0.15) is 19.3 Å². The molecule has 7 nitrogen and oxygen atoms in total. The van der Waals surface area contributed by atoms with Crippen LogP contribution >= 0.6 is 0 Å². The molecule has 0 aliphatic carbocycles. The van der Waals surface area contributed by atoms with Gasteiger partial charge in [-0.2, -0.15) is 4.31 Å². The summed E-state index contributed by atoms with van der Waals surface area (Å²) in [5.74, 6) is -0.419. The number of nitrogens with zero attached hydrogens (tertiary/aromatic N) is 1. The molecule has 0 bridgehead atoms. The molecule has 0 saturated carbocycles. The second kappa shape index (κ2) is 8.11. The van der Waals surface area contributed by atoms with Gasteiger partial charge < -0.3 is 5.32 Å². The first kappa shape index (κ1) is 19.6. The van der Waals surface area contributed by atoms with Gasteiger partial charge in [0.15, 0.2) is 9.84 Å². The molecule has 1 saturated heterocycles. The Hall–Kier alpha value is -1.71. The van der Waals surface area contributed by atoms with Crippen LogP contribution in [-0.2, 0) is 24.7 Å². The number of hydrogen-bond acceptors (Lipinski definition) is 5. The van der Waals surface area contributed by atoms with Crippen molar-refractivity contribution < 1.29 is 21.6 Å². The minimum Gasteiger partial charge on any atom is -0.351 e. The molecule has 2 rings (SSSR count). The summed E-state index contributed by atoms with van der Waals surface area (Å²) >= 11 is 0. The van der Waals surface area contributed by atoms with Crippen LogP contribution in [-0.4, -0.2) is 52.4 Å². The summed E-state index contributed by atoms with van der Waals surface area (Å²) in [5, 5.41) is 3.59. The van der Waals surface area contributed by atoms with E-state index in [-0.39, 0.29) is 18.0 Å². The summed E-state index contributed by atoms with van der Waals surface area (Å²) in [4.78, 5) is 12.6. The van der Waals surface area contributed by atoms with Gasteiger partial charge in [0, 0.05) is 24.8 Å². The van der Waals surface area contributed by atoms with Crippen LogP contribution in [0.4, 0.5) is 0 Å². The zero-order chi connectivity index (χ0) is 18.5. The van der Waals surface area contributed by atoms with Crippen molar-refractivity contribution in [3.05, 3.63) is 41.8 Å². The number of nitrogens with one attached hydrogen (secondary N) is 1. The fraction of sp³-hybridized carbons (Fsp3) is 0.438. The second-order valence-electron chi connectivity index (χ2n) is 5.89. The molecule has 0 aromatic heterocycles. The van der Waals surface area contributed by atoms with E-state index in [1.165, 1.54) is 22.5 Å². The molecule has 1 aromatic rings. The van der Waals surface area contributed by atoms with Gasteiger partial charge in [0.05, 0.1) is 4.90 Å². The average molecular weight is 386 g/mol. The van der Waals surface area contributed by atoms with E-state index in [9.17, 15) is 21.6 Å². The largest absolute Gasteiger partial charge is 0.351 e. The zero-order valence-corrected chi connectivity index (χ0v) is 15.6. The quantitative estimate of drug-likeness (QED) is 0.783. The Morgan fingerprint density at radius 3 is 2.52 bits per heavy atom. The van der Waals surface area contributed by atoms with E-state index in [0.29, 0.717) is 12.8 Å². The summed E-state index contributed by atoms with van der Waals surface area (Å²) in [5.41, 5.74) is 0. The van der Waals surface area contributed by atoms with Gasteiger partial charge in [0.25, 0.3) is 0 Å². The van der Waals surface area contributed by atoms with Crippen molar-refractivity contribution in [2.45, 2.75) is 30.2 Å². The molecule has 25 heavy (non-hydrogen) atoms. The summed E-state index contributed by atoms with van der Waals surface area (Å²) < 4.78 is 48.9. The lowest BCUT2D eigenvalue weighted by atomic mass is 10.0. The lowest BCUT2D eigenvalue weighted by Crippen LogP contribution is -2.51. The van der Waals surface area contributed by atoms with Crippen LogP contribution in [0.5, 0.6) is 0 Å². The minimum absolute atomic E-state index is 0.0294. The van der Waals surface area contributed by atoms with Crippen LogP contribution in [0.3, 0.4) is 0 Å². The smallest absolute Gasteiger partial charge is 0.243 e. The number of benzene rings is 1. The van der Waals surface area contributed by atoms with Gasteiger partial charge in [0.2, 0.25) is 15.9 Å². The van der Waals surface area contributed by atoms with E-state index in [1.807, 2.05) is 0 Å². The molecular weight excluding hydrogens is 364 g/mol. The van der Waals surface area contributed by atoms with Gasteiger partial charge in [-0.15, -0.1) is 0 Å². The third kappa shape index (κ3) is 5.38. The topological polar surface area (TPSA) is 101 Å². The molecule has 1 atom stereocenters. The third-order valence-corrected chi connectivity index (χ3v) is 6.45. The maximum atomic E-state index is 12.8. The number of sulfonamides is 1. The van der Waals surface area contributed by atoms with Crippen molar-refractivity contribution in [3.63, 3.8) is 0 Å². The van der Waals surface area contributed by atoms with Gasteiger partial charge in [-0.3, -0.25) is 4.79 Å². The molecule has 1 N–H and O–H groups in total. The minimum atomic E-state index is -3.75. The van der Waals surface area contributed by atoms with Gasteiger partial charge in [-0.25, -0.2) is 16.8 Å². The van der Waals surface area contributed by atoms with Crippen molar-refractivity contribution in [3.8, 4) is 0 Å². The number of amides is 1. The molecule has 9 heteroatoms. The maximum absolute atomic E-state index is 12.8. The summed E-state index contributed by atoms with van der Waals surface area (Å²) in [6.45, 7) is 0.316. The molecule has 138 valence electrons. The fourth-order valence-electron chi connectivity index (χ4n) is 2.68. The molecule has 1 amide bonds. The number of rotatable bonds is 6. The van der Waals surface area contributed by atoms with E-state index in [0.717, 1.165) is 18.1 Å². The molecule has 1 unspecified atom stereocenters. The van der Waals surface area contributed by atoms with E-state index >= 15 is 0 Å². The molecule has 1 aromatic carbocycles. The van der Waals surface area contributed by atoms with E-state index < -0.39 is 31.8 Å². The Balaban J connectivity index is 2.12. The Kier molecular flexibility index (Phi) is 6.36. The Bertz CT molecular complexity index is 833. The van der Waals surface area contributed by atoms with Crippen LogP contribution < -0.4 is 5.32 Å². The molecule has 1 aliphatic rings. The molecule has 1 aliphatic heterocycles. The number of hydrogen-bond donors (Lipinski definition) is 1. The van der Waals surface area contributed by atoms with Crippen LogP contribution in [0.15, 0.2) is 46.7 Å². The van der Waals surface area contributed by atoms with Crippen LogP contribution in [0.2, 0.25) is 0 Å². The first-order valence-electron chi connectivity index (χ1n) is 7.93. The van der Waals surface area contributed by atoms with Crippen LogP contribution in [0, 0.1) is 0 Å². The summed E-state index contributed by atoms with van der Waals surface area (Å²) in [6.07, 6.45) is 4.28. The monoisotopic (exact) mass is 386 g/mol. The maximum Gasteiger partial charge on any atom is 0.243 e. The number of carbonyl (C=O) groups excluding carboxylic acids is 1. The Labute approximate surface area is 148 Å². The lowest BCUT2D eigenvalue weighted by Gasteiger charge is -2.33. The van der Waals surface area contributed by atoms with Gasteiger partial charge in [-0.05, 0) is 25.0 Å². The standard InChI is InChI=1S/C16H22N2O5S2/c1-24(20,21)13-7-11-17-16(19)15-10-5-6-12-18(15)25(22,23)14-8-3-2-4-9-14/h2-4,7-9,13,15H,5-6,10-12H2,1H3,(H,17,19). The van der Waals surface area contributed by atoms with Crippen molar-refractivity contribution in [2.24, 2.45) is 0 Å². The first-order chi connectivity index (χ1) is 11.7. The number of sulfone groups is 1. The summed E-state index contributed by atoms with van der Waals surface area (Å²) in [7, 11) is -7.01. The number of carbonyl (C=O) groups is 1. The molecule has 0 spiro atoms. The van der Waals surface area contributed by atoms with Crippen molar-refractivity contribution >= 4 is 25.8 Å².